The number of ketones is 1. The van der Waals surface area contributed by atoms with Gasteiger partial charge in [-0.1, -0.05) is 11.6 Å². The van der Waals surface area contributed by atoms with E-state index in [0.717, 1.165) is 0 Å². The van der Waals surface area contributed by atoms with Crippen molar-refractivity contribution in [3.63, 3.8) is 0 Å². The summed E-state index contributed by atoms with van der Waals surface area (Å²) >= 11 is 5.90. The Kier molecular flexibility index (Phi) is 4.05. The highest BCUT2D eigenvalue weighted by atomic mass is 35.5. The fourth-order valence-electron chi connectivity index (χ4n) is 1.74. The van der Waals surface area contributed by atoms with Crippen molar-refractivity contribution in [2.45, 2.75) is 6.92 Å². The zero-order chi connectivity index (χ0) is 14.7. The largest absolute Gasteiger partial charge is 0.398 e. The van der Waals surface area contributed by atoms with Crippen LogP contribution in [0, 0.1) is 0 Å². The van der Waals surface area contributed by atoms with E-state index in [4.69, 9.17) is 17.3 Å². The quantitative estimate of drug-likeness (QED) is 0.673. The molecule has 4 nitrogen and oxygen atoms in total. The molecule has 0 aliphatic rings. The molecule has 0 spiro atoms. The van der Waals surface area contributed by atoms with Crippen molar-refractivity contribution in [2.24, 2.45) is 0 Å². The van der Waals surface area contributed by atoms with Crippen molar-refractivity contribution in [1.29, 1.82) is 0 Å². The summed E-state index contributed by atoms with van der Waals surface area (Å²) in [4.78, 5) is 23.2. The van der Waals surface area contributed by atoms with Gasteiger partial charge in [-0.3, -0.25) is 9.59 Å². The minimum atomic E-state index is -0.158. The van der Waals surface area contributed by atoms with E-state index < -0.39 is 0 Å². The number of amides is 1. The van der Waals surface area contributed by atoms with Crippen molar-refractivity contribution < 1.29 is 9.59 Å². The molecule has 0 heterocycles. The highest BCUT2D eigenvalue weighted by Gasteiger charge is 2.10. The molecular formula is C15H13ClN2O2. The fourth-order valence-corrected chi connectivity index (χ4v) is 1.92. The Balaban J connectivity index is 2.24. The van der Waals surface area contributed by atoms with Crippen LogP contribution < -0.4 is 11.1 Å². The third-order valence-corrected chi connectivity index (χ3v) is 3.06. The van der Waals surface area contributed by atoms with Gasteiger partial charge in [-0.05, 0) is 42.5 Å². The average molecular weight is 289 g/mol. The van der Waals surface area contributed by atoms with Crippen LogP contribution in [0.4, 0.5) is 11.4 Å². The second-order valence-electron chi connectivity index (χ2n) is 4.32. The molecule has 0 aromatic heterocycles. The molecule has 1 amide bonds. The number of carbonyl (C=O) groups excluding carboxylic acids is 2. The first-order valence-corrected chi connectivity index (χ1v) is 6.32. The Hall–Kier alpha value is -2.33. The maximum Gasteiger partial charge on any atom is 0.221 e. The maximum absolute atomic E-state index is 12.3. The lowest BCUT2D eigenvalue weighted by Crippen LogP contribution is -2.06. The Bertz CT molecular complexity index is 666. The minimum absolute atomic E-state index is 0.152. The van der Waals surface area contributed by atoms with Crippen molar-refractivity contribution >= 4 is 34.7 Å². The van der Waals surface area contributed by atoms with Gasteiger partial charge in [0.15, 0.2) is 5.78 Å². The highest BCUT2D eigenvalue weighted by Crippen LogP contribution is 2.22. The van der Waals surface area contributed by atoms with E-state index in [-0.39, 0.29) is 11.7 Å². The number of hydrogen-bond donors (Lipinski definition) is 2. The number of nitrogens with one attached hydrogen (secondary N) is 1. The monoisotopic (exact) mass is 288 g/mol. The summed E-state index contributed by atoms with van der Waals surface area (Å²) < 4.78 is 0. The second-order valence-corrected chi connectivity index (χ2v) is 4.73. The summed E-state index contributed by atoms with van der Waals surface area (Å²) in [5.74, 6) is -0.310. The summed E-state index contributed by atoms with van der Waals surface area (Å²) in [6, 6.07) is 11.4. The van der Waals surface area contributed by atoms with Crippen LogP contribution in [0.1, 0.15) is 22.8 Å². The van der Waals surface area contributed by atoms with Gasteiger partial charge in [0.05, 0.1) is 10.7 Å². The lowest BCUT2D eigenvalue weighted by atomic mass is 10.0. The molecule has 0 fully saturated rings. The molecule has 2 aromatic rings. The van der Waals surface area contributed by atoms with Crippen LogP contribution in [-0.2, 0) is 4.79 Å². The van der Waals surface area contributed by atoms with E-state index in [1.54, 1.807) is 42.5 Å². The Morgan fingerprint density at radius 3 is 2.20 bits per heavy atom. The summed E-state index contributed by atoms with van der Waals surface area (Å²) in [7, 11) is 0. The van der Waals surface area contributed by atoms with Gasteiger partial charge in [-0.2, -0.15) is 0 Å². The molecule has 5 heteroatoms. The van der Waals surface area contributed by atoms with Crippen molar-refractivity contribution in [3.05, 3.63) is 58.6 Å². The van der Waals surface area contributed by atoms with Gasteiger partial charge in [0.2, 0.25) is 5.91 Å². The molecule has 0 radical (unpaired) electrons. The molecule has 3 N–H and O–H groups in total. The third kappa shape index (κ3) is 3.16. The summed E-state index contributed by atoms with van der Waals surface area (Å²) in [5, 5.41) is 2.99. The third-order valence-electron chi connectivity index (χ3n) is 2.73. The first-order valence-electron chi connectivity index (χ1n) is 5.95. The molecule has 2 rings (SSSR count). The van der Waals surface area contributed by atoms with E-state index >= 15 is 0 Å². The summed E-state index contributed by atoms with van der Waals surface area (Å²) in [6.07, 6.45) is 0. The van der Waals surface area contributed by atoms with Gasteiger partial charge in [-0.25, -0.2) is 0 Å². The van der Waals surface area contributed by atoms with Gasteiger partial charge < -0.3 is 11.1 Å². The molecule has 0 atom stereocenters. The summed E-state index contributed by atoms with van der Waals surface area (Å²) in [6.45, 7) is 1.43. The first-order chi connectivity index (χ1) is 9.47. The standard InChI is InChI=1S/C15H13ClN2O2/c1-9(19)18-12-5-2-10(3-6-12)15(20)11-4-7-14(17)13(16)8-11/h2-8H,17H2,1H3,(H,18,19). The Labute approximate surface area is 121 Å². The molecule has 20 heavy (non-hydrogen) atoms. The van der Waals surface area contributed by atoms with Crippen LogP contribution in [0.2, 0.25) is 5.02 Å². The molecule has 0 unspecified atom stereocenters. The smallest absolute Gasteiger partial charge is 0.221 e. The predicted molar refractivity (Wildman–Crippen MR) is 80.0 cm³/mol. The van der Waals surface area contributed by atoms with Crippen molar-refractivity contribution in [2.75, 3.05) is 11.1 Å². The number of nitrogen functional groups attached to an aromatic ring is 1. The normalized spacial score (nSPS) is 10.1. The minimum Gasteiger partial charge on any atom is -0.398 e. The lowest BCUT2D eigenvalue weighted by molar-refractivity contribution is -0.114. The molecule has 0 aliphatic heterocycles. The van der Waals surface area contributed by atoms with Gasteiger partial charge in [0.1, 0.15) is 0 Å². The average Bonchev–Trinajstić information content (AvgIpc) is 2.41. The SMILES string of the molecule is CC(=O)Nc1ccc(C(=O)c2ccc(N)c(Cl)c2)cc1. The van der Waals surface area contributed by atoms with E-state index in [9.17, 15) is 9.59 Å². The maximum atomic E-state index is 12.3. The number of halogens is 1. The Morgan fingerprint density at radius 2 is 1.65 bits per heavy atom. The van der Waals surface area contributed by atoms with Gasteiger partial charge in [0, 0.05) is 23.7 Å². The zero-order valence-electron chi connectivity index (χ0n) is 10.8. The number of hydrogen-bond acceptors (Lipinski definition) is 3. The van der Waals surface area contributed by atoms with Crippen LogP contribution in [-0.4, -0.2) is 11.7 Å². The number of rotatable bonds is 3. The van der Waals surface area contributed by atoms with Crippen LogP contribution in [0.25, 0.3) is 0 Å². The van der Waals surface area contributed by atoms with Crippen LogP contribution in [0.15, 0.2) is 42.5 Å². The number of anilines is 2. The van der Waals surface area contributed by atoms with Crippen LogP contribution in [0.5, 0.6) is 0 Å². The lowest BCUT2D eigenvalue weighted by Gasteiger charge is -2.05. The highest BCUT2D eigenvalue weighted by molar-refractivity contribution is 6.33. The van der Waals surface area contributed by atoms with Crippen LogP contribution >= 0.6 is 11.6 Å². The Morgan fingerprint density at radius 1 is 1.05 bits per heavy atom. The number of carbonyl (C=O) groups is 2. The topological polar surface area (TPSA) is 72.2 Å². The molecule has 2 aromatic carbocycles. The van der Waals surface area contributed by atoms with Crippen molar-refractivity contribution in [3.8, 4) is 0 Å². The molecular weight excluding hydrogens is 276 g/mol. The number of benzene rings is 2. The van der Waals surface area contributed by atoms with Crippen LogP contribution in [0.3, 0.4) is 0 Å². The van der Waals surface area contributed by atoms with Gasteiger partial charge in [-0.15, -0.1) is 0 Å². The first kappa shape index (κ1) is 14.1. The van der Waals surface area contributed by atoms with E-state index in [2.05, 4.69) is 5.32 Å². The van der Waals surface area contributed by atoms with Gasteiger partial charge in [0.25, 0.3) is 0 Å². The molecule has 0 aliphatic carbocycles. The molecule has 0 saturated heterocycles. The van der Waals surface area contributed by atoms with E-state index in [1.165, 1.54) is 6.92 Å². The molecule has 0 saturated carbocycles. The molecule has 0 bridgehead atoms. The zero-order valence-corrected chi connectivity index (χ0v) is 11.6. The summed E-state index contributed by atoms with van der Waals surface area (Å²) in [5.41, 5.74) is 7.67. The van der Waals surface area contributed by atoms with E-state index in [1.807, 2.05) is 0 Å². The predicted octanol–water partition coefficient (Wildman–Crippen LogP) is 3.11. The second kappa shape index (κ2) is 5.75. The molecule has 102 valence electrons. The van der Waals surface area contributed by atoms with Crippen molar-refractivity contribution in [1.82, 2.24) is 0 Å². The van der Waals surface area contributed by atoms with Gasteiger partial charge >= 0.3 is 0 Å². The number of nitrogens with two attached hydrogens (primary N) is 1. The van der Waals surface area contributed by atoms with E-state index in [0.29, 0.717) is 27.5 Å². The fraction of sp³-hybridized carbons (Fsp3) is 0.0667.